The van der Waals surface area contributed by atoms with E-state index in [0.29, 0.717) is 6.61 Å². The molecule has 1 aromatic heterocycles. The second kappa shape index (κ2) is 10.9. The van der Waals surface area contributed by atoms with Gasteiger partial charge in [-0.2, -0.15) is 0 Å². The fourth-order valence-electron chi connectivity index (χ4n) is 4.24. The number of carbonyl (C=O) groups excluding carboxylic acids is 1. The first-order valence-corrected chi connectivity index (χ1v) is 11.5. The second-order valence-electron chi connectivity index (χ2n) is 8.29. The number of hydrogen-bond acceptors (Lipinski definition) is 6. The lowest BCUT2D eigenvalue weighted by Crippen LogP contribution is -2.27. The van der Waals surface area contributed by atoms with Crippen molar-refractivity contribution in [1.82, 2.24) is 10.3 Å². The van der Waals surface area contributed by atoms with Crippen LogP contribution in [0.25, 0.3) is 10.9 Å². The van der Waals surface area contributed by atoms with Crippen LogP contribution in [0.2, 0.25) is 0 Å². The van der Waals surface area contributed by atoms with E-state index in [1.807, 2.05) is 30.5 Å². The fourth-order valence-corrected chi connectivity index (χ4v) is 4.24. The molecule has 0 aliphatic carbocycles. The monoisotopic (exact) mass is 449 g/mol. The third-order valence-electron chi connectivity index (χ3n) is 5.97. The van der Waals surface area contributed by atoms with Gasteiger partial charge in [0.05, 0.1) is 26.0 Å². The number of nitrogens with one attached hydrogen (secondary N) is 2. The predicted octanol–water partition coefficient (Wildman–Crippen LogP) is 4.51. The van der Waals surface area contributed by atoms with Crippen molar-refractivity contribution in [2.24, 2.45) is 4.99 Å². The molecular formula is C26H31N3O4. The lowest BCUT2D eigenvalue weighted by Gasteiger charge is -2.16. The minimum atomic E-state index is -0.301. The van der Waals surface area contributed by atoms with Crippen LogP contribution >= 0.6 is 0 Å². The van der Waals surface area contributed by atoms with Crippen molar-refractivity contribution < 1.29 is 19.4 Å². The molecule has 2 heterocycles. The van der Waals surface area contributed by atoms with Crippen molar-refractivity contribution in [1.29, 1.82) is 0 Å². The molecule has 3 aromatic rings. The predicted molar refractivity (Wildman–Crippen MR) is 129 cm³/mol. The van der Waals surface area contributed by atoms with Gasteiger partial charge in [0.15, 0.2) is 0 Å². The molecule has 1 aliphatic heterocycles. The highest BCUT2D eigenvalue weighted by molar-refractivity contribution is 5.86. The van der Waals surface area contributed by atoms with E-state index < -0.39 is 0 Å². The molecule has 0 spiro atoms. The third-order valence-corrected chi connectivity index (χ3v) is 5.97. The number of aromatic amines is 1. The van der Waals surface area contributed by atoms with Crippen molar-refractivity contribution in [3.63, 3.8) is 0 Å². The summed E-state index contributed by atoms with van der Waals surface area (Å²) in [4.78, 5) is 19.9. The molecule has 0 radical (unpaired) electrons. The Morgan fingerprint density at radius 1 is 1.24 bits per heavy atom. The van der Waals surface area contributed by atoms with Gasteiger partial charge in [-0.1, -0.05) is 12.1 Å². The van der Waals surface area contributed by atoms with Crippen LogP contribution in [0.5, 0.6) is 11.5 Å². The summed E-state index contributed by atoms with van der Waals surface area (Å²) < 4.78 is 10.9. The Morgan fingerprint density at radius 2 is 2.15 bits per heavy atom. The van der Waals surface area contributed by atoms with Crippen molar-refractivity contribution in [2.45, 2.75) is 38.0 Å². The van der Waals surface area contributed by atoms with Gasteiger partial charge in [-0.25, -0.2) is 0 Å². The average Bonchev–Trinajstić information content (AvgIpc) is 3.26. The fraction of sp³-hybridized carbons (Fsp3) is 0.385. The number of methoxy groups -OCH3 is 1. The number of phenolic OH excluding ortho intramolecular Hbond substituents is 1. The number of rotatable bonds is 9. The van der Waals surface area contributed by atoms with Crippen LogP contribution < -0.4 is 10.1 Å². The van der Waals surface area contributed by atoms with Gasteiger partial charge < -0.3 is 24.9 Å². The van der Waals surface area contributed by atoms with E-state index in [4.69, 9.17) is 9.47 Å². The molecule has 0 saturated heterocycles. The first-order chi connectivity index (χ1) is 16.1. The number of phenols is 1. The molecule has 1 atom stereocenters. The van der Waals surface area contributed by atoms with Crippen LogP contribution in [0.4, 0.5) is 0 Å². The number of hydrogen-bond donors (Lipinski definition) is 3. The Kier molecular flexibility index (Phi) is 7.50. The second-order valence-corrected chi connectivity index (χ2v) is 8.29. The molecule has 0 saturated carbocycles. The van der Waals surface area contributed by atoms with E-state index in [1.165, 1.54) is 20.0 Å². The highest BCUT2D eigenvalue weighted by Gasteiger charge is 2.22. The number of fused-ring (bicyclic) bond motifs is 1. The molecule has 7 heteroatoms. The Morgan fingerprint density at radius 3 is 2.94 bits per heavy atom. The summed E-state index contributed by atoms with van der Waals surface area (Å²) in [5, 5.41) is 14.4. The number of benzene rings is 2. The number of nitrogens with zero attached hydrogens (tertiary/aromatic N) is 1. The van der Waals surface area contributed by atoms with Gasteiger partial charge in [0, 0.05) is 48.6 Å². The third kappa shape index (κ3) is 5.86. The topological polar surface area (TPSA) is 95.9 Å². The summed E-state index contributed by atoms with van der Waals surface area (Å²) in [6.07, 6.45) is 6.45. The zero-order valence-electron chi connectivity index (χ0n) is 19.0. The van der Waals surface area contributed by atoms with Crippen LogP contribution in [0, 0.1) is 0 Å². The molecule has 2 aromatic carbocycles. The van der Waals surface area contributed by atoms with Gasteiger partial charge in [0.2, 0.25) is 0 Å². The lowest BCUT2D eigenvalue weighted by molar-refractivity contribution is -0.140. The van der Waals surface area contributed by atoms with Crippen molar-refractivity contribution >= 4 is 22.7 Å². The van der Waals surface area contributed by atoms with Gasteiger partial charge >= 0.3 is 5.97 Å². The van der Waals surface area contributed by atoms with E-state index in [-0.39, 0.29) is 24.1 Å². The highest BCUT2D eigenvalue weighted by Crippen LogP contribution is 2.36. The molecule has 0 fully saturated rings. The highest BCUT2D eigenvalue weighted by atomic mass is 16.5. The Balaban J connectivity index is 1.43. The number of aromatic hydroxyl groups is 1. The average molecular weight is 450 g/mol. The largest absolute Gasteiger partial charge is 0.508 e. The number of aliphatic imine (C=N–C) groups is 1. The first kappa shape index (κ1) is 22.7. The van der Waals surface area contributed by atoms with Crippen molar-refractivity contribution in [2.75, 3.05) is 26.8 Å². The summed E-state index contributed by atoms with van der Waals surface area (Å²) >= 11 is 0. The molecule has 33 heavy (non-hydrogen) atoms. The summed E-state index contributed by atoms with van der Waals surface area (Å²) in [5.74, 6) is 1.55. The molecule has 1 aliphatic rings. The van der Waals surface area contributed by atoms with Crippen molar-refractivity contribution in [3.8, 4) is 11.5 Å². The molecule has 7 nitrogen and oxygen atoms in total. The summed E-state index contributed by atoms with van der Waals surface area (Å²) in [6, 6.07) is 13.0. The van der Waals surface area contributed by atoms with Gasteiger partial charge in [-0.15, -0.1) is 0 Å². The quantitative estimate of drug-likeness (QED) is 0.330. The maximum absolute atomic E-state index is 12.1. The van der Waals surface area contributed by atoms with Gasteiger partial charge in [-0.3, -0.25) is 9.79 Å². The maximum Gasteiger partial charge on any atom is 0.306 e. The minimum Gasteiger partial charge on any atom is -0.508 e. The van der Waals surface area contributed by atoms with Gasteiger partial charge in [0.25, 0.3) is 0 Å². The summed E-state index contributed by atoms with van der Waals surface area (Å²) in [5.41, 5.74) is 2.77. The van der Waals surface area contributed by atoms with E-state index in [9.17, 15) is 9.90 Å². The number of aromatic nitrogens is 1. The number of H-pyrrole nitrogens is 1. The number of amidine groups is 1. The molecular weight excluding hydrogens is 418 g/mol. The zero-order chi connectivity index (χ0) is 23.0. The maximum atomic E-state index is 12.1. The van der Waals surface area contributed by atoms with Crippen molar-refractivity contribution in [3.05, 3.63) is 59.8 Å². The van der Waals surface area contributed by atoms with Crippen LogP contribution in [0.15, 0.2) is 53.7 Å². The Hall–Kier alpha value is -3.48. The number of ether oxygens (including phenoxy) is 2. The van der Waals surface area contributed by atoms with Crippen LogP contribution in [-0.2, 0) is 9.53 Å². The van der Waals surface area contributed by atoms with E-state index >= 15 is 0 Å². The minimum absolute atomic E-state index is 0.169. The van der Waals surface area contributed by atoms with Crippen LogP contribution in [-0.4, -0.2) is 48.7 Å². The summed E-state index contributed by atoms with van der Waals surface area (Å²) in [7, 11) is 1.39. The smallest absolute Gasteiger partial charge is 0.306 e. The lowest BCUT2D eigenvalue weighted by atomic mass is 9.88. The zero-order valence-corrected chi connectivity index (χ0v) is 19.0. The Bertz CT molecular complexity index is 1120. The van der Waals surface area contributed by atoms with E-state index in [2.05, 4.69) is 15.3 Å². The number of esters is 1. The molecule has 1 unspecified atom stereocenters. The van der Waals surface area contributed by atoms with Crippen LogP contribution in [0.1, 0.15) is 49.1 Å². The van der Waals surface area contributed by atoms with E-state index in [1.54, 1.807) is 18.2 Å². The van der Waals surface area contributed by atoms with Gasteiger partial charge in [-0.05, 0) is 54.7 Å². The molecule has 0 bridgehead atoms. The molecule has 174 valence electrons. The standard InChI is InChI=1S/C26H31N3O4/c1-32-26(31)16-22(18-6-4-7-19(30)14-18)23-17-29-24-15-20(9-10-21(23)24)33-13-5-12-28-25-8-2-3-11-27-25/h4,6-7,9-10,14-15,17,22,29-30H,2-3,5,8,11-13,16H2,1H3,(H,27,28). The molecule has 0 amide bonds. The Labute approximate surface area is 193 Å². The number of carbonyl (C=O) groups is 1. The summed E-state index contributed by atoms with van der Waals surface area (Å²) in [6.45, 7) is 2.41. The molecule has 4 rings (SSSR count). The van der Waals surface area contributed by atoms with Crippen LogP contribution in [0.3, 0.4) is 0 Å². The van der Waals surface area contributed by atoms with Gasteiger partial charge in [0.1, 0.15) is 11.5 Å². The van der Waals surface area contributed by atoms with E-state index in [0.717, 1.165) is 59.5 Å². The normalized spacial score (nSPS) is 14.5. The molecule has 3 N–H and O–H groups in total. The SMILES string of the molecule is COC(=O)CC(c1cccc(O)c1)c1c[nH]c2cc(OCCCNC3=NCCCC3)ccc12. The first-order valence-electron chi connectivity index (χ1n) is 11.5.